The van der Waals surface area contributed by atoms with Gasteiger partial charge < -0.3 is 10.5 Å². The first-order valence-corrected chi connectivity index (χ1v) is 3.55. The highest BCUT2D eigenvalue weighted by Crippen LogP contribution is 2.18. The summed E-state index contributed by atoms with van der Waals surface area (Å²) in [7, 11) is 0. The maximum Gasteiger partial charge on any atom is 0.385 e. The lowest BCUT2D eigenvalue weighted by Crippen LogP contribution is -2.36. The van der Waals surface area contributed by atoms with Gasteiger partial charge in [0.2, 0.25) is 0 Å². The summed E-state index contributed by atoms with van der Waals surface area (Å²) in [6.07, 6.45) is 0.405. The first-order chi connectivity index (χ1) is 6.11. The highest BCUT2D eigenvalue weighted by molar-refractivity contribution is 5.65. The molecule has 5 heteroatoms. The van der Waals surface area contributed by atoms with Gasteiger partial charge >= 0.3 is 5.72 Å². The minimum absolute atomic E-state index is 0.0787. The van der Waals surface area contributed by atoms with E-state index in [-0.39, 0.29) is 5.56 Å². The van der Waals surface area contributed by atoms with E-state index < -0.39 is 10.6 Å². The molecule has 13 heavy (non-hydrogen) atoms. The van der Waals surface area contributed by atoms with Gasteiger partial charge in [0.05, 0.1) is 10.5 Å². The molecule has 68 valence electrons. The average Bonchev–Trinajstić information content (AvgIpc) is 2.17. The number of nitro groups is 1. The van der Waals surface area contributed by atoms with Crippen LogP contribution in [0.5, 0.6) is 0 Å². The minimum atomic E-state index is -2.40. The lowest BCUT2D eigenvalue weighted by atomic mass is 10.1. The van der Waals surface area contributed by atoms with Crippen LogP contribution in [0, 0.1) is 15.5 Å². The van der Waals surface area contributed by atoms with Crippen LogP contribution in [0.2, 0.25) is 0 Å². The van der Waals surface area contributed by atoms with Gasteiger partial charge in [-0.2, -0.15) is 0 Å². The van der Waals surface area contributed by atoms with Crippen LogP contribution in [0.15, 0.2) is 30.3 Å². The molecule has 0 bridgehead atoms. The van der Waals surface area contributed by atoms with Crippen LogP contribution in [-0.4, -0.2) is 16.2 Å². The van der Waals surface area contributed by atoms with Crippen LogP contribution in [-0.2, 0) is 5.72 Å². The Morgan fingerprint density at radius 2 is 2.00 bits per heavy atom. The van der Waals surface area contributed by atoms with Crippen molar-refractivity contribution in [2.24, 2.45) is 0 Å². The van der Waals surface area contributed by atoms with Crippen molar-refractivity contribution in [1.82, 2.24) is 0 Å². The van der Waals surface area contributed by atoms with E-state index in [1.165, 1.54) is 12.1 Å². The minimum Gasteiger partial charge on any atom is -0.322 e. The van der Waals surface area contributed by atoms with E-state index in [1.54, 1.807) is 18.2 Å². The Balaban J connectivity index is 3.18. The molecular formula is C8H8N2O3. The van der Waals surface area contributed by atoms with Gasteiger partial charge in [-0.3, -0.25) is 10.1 Å². The number of hydrogen-bond acceptors (Lipinski definition) is 4. The lowest BCUT2D eigenvalue weighted by molar-refractivity contribution is -0.607. The van der Waals surface area contributed by atoms with Crippen molar-refractivity contribution in [3.8, 4) is 0 Å². The number of hydrogen-bond donors (Lipinski definition) is 2. The Bertz CT molecular complexity index is 325. The summed E-state index contributed by atoms with van der Waals surface area (Å²) < 4.78 is 0. The second-order valence-corrected chi connectivity index (χ2v) is 2.49. The fraction of sp³-hybridized carbons (Fsp3) is 0.125. The van der Waals surface area contributed by atoms with E-state index >= 15 is 0 Å². The molecule has 0 aliphatic rings. The molecule has 0 spiro atoms. The first kappa shape index (κ1) is 9.34. The topological polar surface area (TPSA) is 87.2 Å². The Labute approximate surface area is 74.3 Å². The van der Waals surface area contributed by atoms with E-state index in [0.717, 1.165) is 0 Å². The molecule has 2 N–H and O–H groups in total. The SMILES string of the molecule is N=CC(O)(c1ccccc1)[N+](=O)[O-]. The molecule has 1 aromatic rings. The van der Waals surface area contributed by atoms with Gasteiger partial charge in [0, 0.05) is 0 Å². The highest BCUT2D eigenvalue weighted by Gasteiger charge is 2.40. The van der Waals surface area contributed by atoms with Gasteiger partial charge in [-0.25, -0.2) is 0 Å². The van der Waals surface area contributed by atoms with Gasteiger partial charge in [0.1, 0.15) is 6.21 Å². The predicted octanol–water partition coefficient (Wildman–Crippen LogP) is 0.758. The summed E-state index contributed by atoms with van der Waals surface area (Å²) in [4.78, 5) is 9.55. The predicted molar refractivity (Wildman–Crippen MR) is 46.1 cm³/mol. The third kappa shape index (κ3) is 1.54. The van der Waals surface area contributed by atoms with Crippen molar-refractivity contribution in [2.75, 3.05) is 0 Å². The Hall–Kier alpha value is -1.75. The van der Waals surface area contributed by atoms with Gasteiger partial charge in [0.25, 0.3) is 0 Å². The molecule has 0 aliphatic heterocycles. The van der Waals surface area contributed by atoms with E-state index in [1.807, 2.05) is 0 Å². The van der Waals surface area contributed by atoms with E-state index in [0.29, 0.717) is 6.21 Å². The summed E-state index contributed by atoms with van der Waals surface area (Å²) in [5.41, 5.74) is -2.32. The molecule has 0 radical (unpaired) electrons. The summed E-state index contributed by atoms with van der Waals surface area (Å²) >= 11 is 0. The van der Waals surface area contributed by atoms with Crippen LogP contribution < -0.4 is 0 Å². The van der Waals surface area contributed by atoms with Gasteiger partial charge in [-0.05, 0) is 12.1 Å². The van der Waals surface area contributed by atoms with Crippen LogP contribution in [0.1, 0.15) is 5.56 Å². The van der Waals surface area contributed by atoms with E-state index in [2.05, 4.69) is 0 Å². The molecule has 1 atom stereocenters. The third-order valence-electron chi connectivity index (χ3n) is 1.68. The number of aliphatic hydroxyl groups is 1. The molecular weight excluding hydrogens is 172 g/mol. The number of benzene rings is 1. The van der Waals surface area contributed by atoms with Gasteiger partial charge in [-0.1, -0.05) is 18.2 Å². The molecule has 0 fully saturated rings. The molecule has 0 aliphatic carbocycles. The molecule has 5 nitrogen and oxygen atoms in total. The lowest BCUT2D eigenvalue weighted by Gasteiger charge is -2.13. The maximum atomic E-state index is 10.5. The van der Waals surface area contributed by atoms with Gasteiger partial charge in [0.15, 0.2) is 0 Å². The Kier molecular flexibility index (Phi) is 2.39. The van der Waals surface area contributed by atoms with E-state index in [4.69, 9.17) is 5.41 Å². The van der Waals surface area contributed by atoms with Crippen LogP contribution in [0.4, 0.5) is 0 Å². The fourth-order valence-corrected chi connectivity index (χ4v) is 0.925. The standard InChI is InChI=1S/C8H8N2O3/c9-6-8(11,10(12)13)7-4-2-1-3-5-7/h1-6,9,11H. The summed E-state index contributed by atoms with van der Waals surface area (Å²) in [6.45, 7) is 0. The van der Waals surface area contributed by atoms with Crippen LogP contribution in [0.3, 0.4) is 0 Å². The normalized spacial score (nSPS) is 14.5. The quantitative estimate of drug-likeness (QED) is 0.311. The second kappa shape index (κ2) is 3.32. The van der Waals surface area contributed by atoms with Crippen molar-refractivity contribution in [2.45, 2.75) is 5.72 Å². The molecule has 0 amide bonds. The molecule has 0 saturated carbocycles. The Morgan fingerprint density at radius 1 is 1.46 bits per heavy atom. The average molecular weight is 180 g/mol. The fourth-order valence-electron chi connectivity index (χ4n) is 0.925. The highest BCUT2D eigenvalue weighted by atomic mass is 16.7. The second-order valence-electron chi connectivity index (χ2n) is 2.49. The first-order valence-electron chi connectivity index (χ1n) is 3.55. The number of nitrogens with one attached hydrogen (secondary N) is 1. The Morgan fingerprint density at radius 3 is 2.38 bits per heavy atom. The third-order valence-corrected chi connectivity index (χ3v) is 1.68. The summed E-state index contributed by atoms with van der Waals surface area (Å²) in [6, 6.07) is 7.59. The van der Waals surface area contributed by atoms with Crippen molar-refractivity contribution in [1.29, 1.82) is 5.41 Å². The summed E-state index contributed by atoms with van der Waals surface area (Å²) in [5.74, 6) is 0. The smallest absolute Gasteiger partial charge is 0.322 e. The number of rotatable bonds is 3. The summed E-state index contributed by atoms with van der Waals surface area (Å²) in [5, 5.41) is 26.7. The zero-order valence-electron chi connectivity index (χ0n) is 6.68. The van der Waals surface area contributed by atoms with Crippen molar-refractivity contribution in [3.63, 3.8) is 0 Å². The van der Waals surface area contributed by atoms with E-state index in [9.17, 15) is 15.2 Å². The monoisotopic (exact) mass is 180 g/mol. The zero-order chi connectivity index (χ0) is 9.90. The molecule has 0 saturated heterocycles. The van der Waals surface area contributed by atoms with Crippen molar-refractivity contribution in [3.05, 3.63) is 46.0 Å². The maximum absolute atomic E-state index is 10.5. The van der Waals surface area contributed by atoms with Crippen LogP contribution >= 0.6 is 0 Å². The number of nitrogens with zero attached hydrogens (tertiary/aromatic N) is 1. The van der Waals surface area contributed by atoms with Crippen molar-refractivity contribution >= 4 is 6.21 Å². The molecule has 1 aromatic carbocycles. The van der Waals surface area contributed by atoms with Crippen LogP contribution in [0.25, 0.3) is 0 Å². The largest absolute Gasteiger partial charge is 0.385 e. The van der Waals surface area contributed by atoms with Gasteiger partial charge in [-0.15, -0.1) is 0 Å². The molecule has 1 unspecified atom stereocenters. The zero-order valence-corrected chi connectivity index (χ0v) is 6.68. The molecule has 0 heterocycles. The van der Waals surface area contributed by atoms with Crippen molar-refractivity contribution < 1.29 is 10.0 Å². The molecule has 1 rings (SSSR count). The molecule has 0 aromatic heterocycles.